The summed E-state index contributed by atoms with van der Waals surface area (Å²) in [6.07, 6.45) is 1.54. The molecule has 1 heterocycles. The molecule has 0 spiro atoms. The molecule has 0 aromatic heterocycles. The molecule has 0 aliphatic carbocycles. The molecule has 1 aliphatic heterocycles. The summed E-state index contributed by atoms with van der Waals surface area (Å²) < 4.78 is 0. The predicted molar refractivity (Wildman–Crippen MR) is 73.8 cm³/mol. The molecule has 1 atom stereocenters. The zero-order valence-electron chi connectivity index (χ0n) is 12.1. The van der Waals surface area contributed by atoms with Crippen molar-refractivity contribution in [3.63, 3.8) is 0 Å². The third-order valence-corrected chi connectivity index (χ3v) is 3.09. The fraction of sp³-hybridized carbons (Fsp3) is 0.714. The van der Waals surface area contributed by atoms with E-state index in [0.29, 0.717) is 13.1 Å². The van der Waals surface area contributed by atoms with Gasteiger partial charge >= 0.3 is 5.97 Å². The maximum Gasteiger partial charge on any atom is 0.305 e. The lowest BCUT2D eigenvalue weighted by Crippen LogP contribution is -2.58. The lowest BCUT2D eigenvalue weighted by atomic mass is 9.94. The molecular weight excluding hydrogens is 244 g/mol. The molecule has 108 valence electrons. The molecular formula is C14H24N2O3. The molecule has 1 rings (SSSR count). The van der Waals surface area contributed by atoms with Crippen LogP contribution in [0.1, 0.15) is 27.2 Å². The molecule has 1 N–H and O–H groups in total. The van der Waals surface area contributed by atoms with E-state index in [0.717, 1.165) is 13.1 Å². The molecule has 1 saturated heterocycles. The van der Waals surface area contributed by atoms with Crippen molar-refractivity contribution < 1.29 is 14.7 Å². The Morgan fingerprint density at radius 1 is 1.47 bits per heavy atom. The van der Waals surface area contributed by atoms with Crippen LogP contribution >= 0.6 is 0 Å². The highest BCUT2D eigenvalue weighted by Crippen LogP contribution is 2.22. The molecule has 1 unspecified atom stereocenters. The summed E-state index contributed by atoms with van der Waals surface area (Å²) in [5.74, 6) is -1.03. The molecule has 0 bridgehead atoms. The molecule has 0 radical (unpaired) electrons. The van der Waals surface area contributed by atoms with Gasteiger partial charge in [-0.1, -0.05) is 26.8 Å². The second-order valence-electron chi connectivity index (χ2n) is 6.22. The van der Waals surface area contributed by atoms with Gasteiger partial charge in [-0.3, -0.25) is 14.5 Å². The van der Waals surface area contributed by atoms with E-state index < -0.39 is 12.0 Å². The van der Waals surface area contributed by atoms with Crippen molar-refractivity contribution in [3.05, 3.63) is 12.7 Å². The number of rotatable bonds is 5. The highest BCUT2D eigenvalue weighted by Gasteiger charge is 2.37. The van der Waals surface area contributed by atoms with Gasteiger partial charge in [0, 0.05) is 26.2 Å². The van der Waals surface area contributed by atoms with Crippen molar-refractivity contribution in [1.29, 1.82) is 0 Å². The number of aliphatic carboxylic acids is 1. The molecule has 0 aromatic rings. The number of piperazine rings is 1. The van der Waals surface area contributed by atoms with E-state index >= 15 is 0 Å². The van der Waals surface area contributed by atoms with Crippen LogP contribution in [0, 0.1) is 5.41 Å². The van der Waals surface area contributed by atoms with Gasteiger partial charge in [0.05, 0.1) is 12.5 Å². The normalized spacial score (nSPS) is 21.5. The maximum atomic E-state index is 12.3. The monoisotopic (exact) mass is 268 g/mol. The summed E-state index contributed by atoms with van der Waals surface area (Å²) in [7, 11) is 0. The van der Waals surface area contributed by atoms with Crippen LogP contribution in [0.5, 0.6) is 0 Å². The first-order chi connectivity index (χ1) is 8.74. The third kappa shape index (κ3) is 4.67. The van der Waals surface area contributed by atoms with Crippen molar-refractivity contribution in [2.24, 2.45) is 5.41 Å². The van der Waals surface area contributed by atoms with Crippen LogP contribution in [0.4, 0.5) is 0 Å². The van der Waals surface area contributed by atoms with Crippen molar-refractivity contribution in [2.75, 3.05) is 26.2 Å². The predicted octanol–water partition coefficient (Wildman–Crippen LogP) is 1.21. The number of amides is 1. The number of carbonyl (C=O) groups is 2. The summed E-state index contributed by atoms with van der Waals surface area (Å²) >= 11 is 0. The van der Waals surface area contributed by atoms with Gasteiger partial charge in [0.1, 0.15) is 0 Å². The first kappa shape index (κ1) is 15.7. The number of carboxylic acids is 1. The van der Waals surface area contributed by atoms with E-state index in [1.807, 2.05) is 4.90 Å². The van der Waals surface area contributed by atoms with Crippen LogP contribution in [0.25, 0.3) is 0 Å². The average molecular weight is 268 g/mol. The van der Waals surface area contributed by atoms with E-state index in [1.54, 1.807) is 11.0 Å². The van der Waals surface area contributed by atoms with Crippen molar-refractivity contribution in [3.8, 4) is 0 Å². The molecule has 5 heteroatoms. The minimum Gasteiger partial charge on any atom is -0.481 e. The number of carboxylic acid groups (broad SMARTS) is 1. The average Bonchev–Trinajstić information content (AvgIpc) is 2.25. The van der Waals surface area contributed by atoms with Gasteiger partial charge in [0.25, 0.3) is 0 Å². The standard InChI is InChI=1S/C14H24N2O3/c1-5-6-15-7-8-16(10-14(2,3)4)11(13(15)19)9-12(17)18/h5,11H,1,6-10H2,2-4H3,(H,17,18). The van der Waals surface area contributed by atoms with E-state index in [9.17, 15) is 9.59 Å². The first-order valence-corrected chi connectivity index (χ1v) is 6.60. The number of hydrogen-bond donors (Lipinski definition) is 1. The summed E-state index contributed by atoms with van der Waals surface area (Å²) in [6.45, 7) is 12.5. The van der Waals surface area contributed by atoms with Gasteiger partial charge in [-0.05, 0) is 5.41 Å². The van der Waals surface area contributed by atoms with Crippen LogP contribution in [-0.2, 0) is 9.59 Å². The SMILES string of the molecule is C=CCN1CCN(CC(C)(C)C)C(CC(=O)O)C1=O. The van der Waals surface area contributed by atoms with E-state index in [2.05, 4.69) is 27.4 Å². The zero-order chi connectivity index (χ0) is 14.6. The molecule has 1 aliphatic rings. The first-order valence-electron chi connectivity index (χ1n) is 6.60. The Labute approximate surface area is 114 Å². The minimum atomic E-state index is -0.933. The molecule has 5 nitrogen and oxygen atoms in total. The van der Waals surface area contributed by atoms with Crippen LogP contribution in [0.15, 0.2) is 12.7 Å². The Morgan fingerprint density at radius 3 is 2.58 bits per heavy atom. The molecule has 1 amide bonds. The summed E-state index contributed by atoms with van der Waals surface area (Å²) in [5.41, 5.74) is 0.0393. The van der Waals surface area contributed by atoms with Crippen molar-refractivity contribution in [2.45, 2.75) is 33.2 Å². The number of nitrogens with zero attached hydrogens (tertiary/aromatic N) is 2. The molecule has 0 aromatic carbocycles. The van der Waals surface area contributed by atoms with Crippen LogP contribution in [0.3, 0.4) is 0 Å². The van der Waals surface area contributed by atoms with Gasteiger partial charge < -0.3 is 10.0 Å². The minimum absolute atomic E-state index is 0.0393. The maximum absolute atomic E-state index is 12.3. The van der Waals surface area contributed by atoms with Crippen molar-refractivity contribution in [1.82, 2.24) is 9.80 Å². The topological polar surface area (TPSA) is 60.9 Å². The Hall–Kier alpha value is -1.36. The highest BCUT2D eigenvalue weighted by molar-refractivity contribution is 5.87. The summed E-state index contributed by atoms with van der Waals surface area (Å²) in [5, 5.41) is 9.00. The lowest BCUT2D eigenvalue weighted by molar-refractivity contribution is -0.149. The molecule has 1 fully saturated rings. The number of hydrogen-bond acceptors (Lipinski definition) is 3. The van der Waals surface area contributed by atoms with Crippen molar-refractivity contribution >= 4 is 11.9 Å². The largest absolute Gasteiger partial charge is 0.481 e. The molecule has 19 heavy (non-hydrogen) atoms. The van der Waals surface area contributed by atoms with Gasteiger partial charge in [-0.2, -0.15) is 0 Å². The second kappa shape index (κ2) is 6.19. The Kier molecular flexibility index (Phi) is 5.11. The van der Waals surface area contributed by atoms with Crippen LogP contribution in [-0.4, -0.2) is 59.0 Å². The van der Waals surface area contributed by atoms with E-state index in [-0.39, 0.29) is 17.7 Å². The fourth-order valence-electron chi connectivity index (χ4n) is 2.40. The summed E-state index contributed by atoms with van der Waals surface area (Å²) in [6, 6.07) is -0.551. The van der Waals surface area contributed by atoms with Crippen LogP contribution < -0.4 is 0 Å². The molecule has 0 saturated carbocycles. The number of carbonyl (C=O) groups excluding carboxylic acids is 1. The quantitative estimate of drug-likeness (QED) is 0.761. The highest BCUT2D eigenvalue weighted by atomic mass is 16.4. The smallest absolute Gasteiger partial charge is 0.305 e. The van der Waals surface area contributed by atoms with Gasteiger partial charge in [0.15, 0.2) is 0 Å². The van der Waals surface area contributed by atoms with E-state index in [4.69, 9.17) is 5.11 Å². The van der Waals surface area contributed by atoms with E-state index in [1.165, 1.54) is 0 Å². The zero-order valence-corrected chi connectivity index (χ0v) is 12.1. The Balaban J connectivity index is 2.84. The fourth-order valence-corrected chi connectivity index (χ4v) is 2.40. The van der Waals surface area contributed by atoms with Gasteiger partial charge in [0.2, 0.25) is 5.91 Å². The Bertz CT molecular complexity index is 360. The third-order valence-electron chi connectivity index (χ3n) is 3.09. The van der Waals surface area contributed by atoms with Crippen LogP contribution in [0.2, 0.25) is 0 Å². The second-order valence-corrected chi connectivity index (χ2v) is 6.22. The van der Waals surface area contributed by atoms with Gasteiger partial charge in [-0.25, -0.2) is 0 Å². The van der Waals surface area contributed by atoms with Gasteiger partial charge in [-0.15, -0.1) is 6.58 Å². The Morgan fingerprint density at radius 2 is 2.11 bits per heavy atom. The summed E-state index contributed by atoms with van der Waals surface area (Å²) in [4.78, 5) is 27.0. The lowest BCUT2D eigenvalue weighted by Gasteiger charge is -2.42.